The van der Waals surface area contributed by atoms with Gasteiger partial charge in [0.25, 0.3) is 0 Å². The number of ketones is 1. The van der Waals surface area contributed by atoms with Crippen LogP contribution in [0.5, 0.6) is 0 Å². The Labute approximate surface area is 258 Å². The van der Waals surface area contributed by atoms with Crippen LogP contribution in [0.1, 0.15) is 34.5 Å². The molecule has 2 aromatic heterocycles. The number of thioether (sulfide) groups is 1. The third kappa shape index (κ3) is 5.18. The number of amides is 1. The first kappa shape index (κ1) is 27.6. The fourth-order valence-corrected chi connectivity index (χ4v) is 8.05. The van der Waals surface area contributed by atoms with Gasteiger partial charge in [0.15, 0.2) is 5.17 Å². The summed E-state index contributed by atoms with van der Waals surface area (Å²) in [6.07, 6.45) is 3.46. The normalized spacial score (nSPS) is 17.6. The van der Waals surface area contributed by atoms with Crippen molar-refractivity contribution in [2.75, 3.05) is 24.5 Å². The molecule has 1 unspecified atom stereocenters. The highest BCUT2D eigenvalue weighted by Gasteiger charge is 2.43. The molecular weight excluding hydrogens is 575 g/mol. The SMILES string of the molecule is N=C1SC(CN2CCCCC2)C(=O)N1c1c(C(=O)c2ccccc2)sc2nnc(-c3ccccc3)c(-c3ccccc3)c12. The molecule has 7 rings (SSSR count). The summed E-state index contributed by atoms with van der Waals surface area (Å²) in [6, 6.07) is 28.8. The molecule has 7 nitrogen and oxygen atoms in total. The molecule has 214 valence electrons. The Morgan fingerprint density at radius 1 is 0.837 bits per heavy atom. The molecule has 2 fully saturated rings. The summed E-state index contributed by atoms with van der Waals surface area (Å²) in [4.78, 5) is 33.1. The van der Waals surface area contributed by atoms with Gasteiger partial charge in [-0.2, -0.15) is 0 Å². The van der Waals surface area contributed by atoms with Crippen LogP contribution in [0, 0.1) is 5.41 Å². The summed E-state index contributed by atoms with van der Waals surface area (Å²) in [7, 11) is 0. The van der Waals surface area contributed by atoms with Crippen molar-refractivity contribution in [3.8, 4) is 22.4 Å². The summed E-state index contributed by atoms with van der Waals surface area (Å²) in [5.74, 6) is -0.372. The number of anilines is 1. The number of rotatable bonds is 7. The van der Waals surface area contributed by atoms with Crippen molar-refractivity contribution in [2.45, 2.75) is 24.5 Å². The Hall–Kier alpha value is -4.18. The van der Waals surface area contributed by atoms with E-state index in [2.05, 4.69) is 15.1 Å². The topological polar surface area (TPSA) is 90.2 Å². The minimum Gasteiger partial charge on any atom is -0.302 e. The maximum absolute atomic E-state index is 14.2. The van der Waals surface area contributed by atoms with Crippen molar-refractivity contribution in [3.63, 3.8) is 0 Å². The molecule has 5 aromatic rings. The molecule has 4 heterocycles. The van der Waals surface area contributed by atoms with Crippen LogP contribution in [0.2, 0.25) is 0 Å². The third-order valence-corrected chi connectivity index (χ3v) is 10.1. The van der Waals surface area contributed by atoms with E-state index in [0.29, 0.717) is 38.6 Å². The fraction of sp³-hybridized carbons (Fsp3) is 0.206. The molecule has 1 atom stereocenters. The highest BCUT2D eigenvalue weighted by molar-refractivity contribution is 8.16. The van der Waals surface area contributed by atoms with E-state index in [1.807, 2.05) is 78.9 Å². The van der Waals surface area contributed by atoms with Gasteiger partial charge >= 0.3 is 0 Å². The van der Waals surface area contributed by atoms with Crippen LogP contribution in [-0.4, -0.2) is 56.8 Å². The monoisotopic (exact) mass is 603 g/mol. The maximum atomic E-state index is 14.2. The maximum Gasteiger partial charge on any atom is 0.248 e. The van der Waals surface area contributed by atoms with Gasteiger partial charge in [0.1, 0.15) is 20.7 Å². The van der Waals surface area contributed by atoms with Crippen molar-refractivity contribution in [1.82, 2.24) is 15.1 Å². The lowest BCUT2D eigenvalue weighted by Gasteiger charge is -2.27. The van der Waals surface area contributed by atoms with E-state index in [-0.39, 0.29) is 16.9 Å². The van der Waals surface area contributed by atoms with Crippen molar-refractivity contribution in [2.24, 2.45) is 0 Å². The minimum absolute atomic E-state index is 0.130. The summed E-state index contributed by atoms with van der Waals surface area (Å²) in [6.45, 7) is 2.52. The first-order chi connectivity index (χ1) is 21.1. The Balaban J connectivity index is 1.47. The van der Waals surface area contributed by atoms with Crippen LogP contribution in [0.4, 0.5) is 5.69 Å². The van der Waals surface area contributed by atoms with Crippen LogP contribution in [0.3, 0.4) is 0 Å². The van der Waals surface area contributed by atoms with Crippen LogP contribution in [0.15, 0.2) is 91.0 Å². The number of likely N-dealkylation sites (tertiary alicyclic amines) is 1. The molecule has 0 bridgehead atoms. The smallest absolute Gasteiger partial charge is 0.248 e. The second kappa shape index (κ2) is 11.8. The van der Waals surface area contributed by atoms with Crippen molar-refractivity contribution in [3.05, 3.63) is 101 Å². The molecule has 0 aliphatic carbocycles. The fourth-order valence-electron chi connectivity index (χ4n) is 5.93. The van der Waals surface area contributed by atoms with E-state index in [4.69, 9.17) is 5.41 Å². The quantitative estimate of drug-likeness (QED) is 0.199. The number of amidine groups is 1. The Bertz CT molecular complexity index is 1820. The standard InChI is InChI=1S/C34H29N5O2S2/c35-34-39(33(41)25(42-34)21-38-19-11-4-12-20-38)29-27-26(22-13-5-1-6-14-22)28(23-15-7-2-8-16-23)36-37-32(27)43-31(29)30(40)24-17-9-3-10-18-24/h1-3,5-10,13-18,25,35H,4,11-12,19-21H2. The lowest BCUT2D eigenvalue weighted by molar-refractivity contribution is -0.117. The molecule has 2 aliphatic rings. The minimum atomic E-state index is -0.413. The van der Waals surface area contributed by atoms with Gasteiger partial charge in [-0.3, -0.25) is 19.9 Å². The Morgan fingerprint density at radius 3 is 2.14 bits per heavy atom. The number of piperidine rings is 1. The molecule has 3 aromatic carbocycles. The molecule has 43 heavy (non-hydrogen) atoms. The van der Waals surface area contributed by atoms with E-state index >= 15 is 0 Å². The van der Waals surface area contributed by atoms with Crippen LogP contribution in [-0.2, 0) is 4.79 Å². The molecule has 2 aliphatic heterocycles. The van der Waals surface area contributed by atoms with Crippen LogP contribution in [0.25, 0.3) is 32.6 Å². The number of nitrogens with one attached hydrogen (secondary N) is 1. The van der Waals surface area contributed by atoms with Gasteiger partial charge < -0.3 is 4.90 Å². The van der Waals surface area contributed by atoms with Gasteiger partial charge in [-0.05, 0) is 31.5 Å². The lowest BCUT2D eigenvalue weighted by Crippen LogP contribution is -2.40. The molecule has 1 amide bonds. The second-order valence-electron chi connectivity index (χ2n) is 10.8. The average Bonchev–Trinajstić information content (AvgIpc) is 3.57. The predicted molar refractivity (Wildman–Crippen MR) is 175 cm³/mol. The van der Waals surface area contributed by atoms with Gasteiger partial charge in [0.05, 0.1) is 5.69 Å². The number of hydrogen-bond acceptors (Lipinski definition) is 8. The number of benzene rings is 3. The first-order valence-electron chi connectivity index (χ1n) is 14.5. The first-order valence-corrected chi connectivity index (χ1v) is 16.1. The van der Waals surface area contributed by atoms with E-state index in [1.165, 1.54) is 34.4 Å². The summed E-state index contributed by atoms with van der Waals surface area (Å²) in [5.41, 5.74) is 4.18. The molecule has 9 heteroatoms. The second-order valence-corrected chi connectivity index (χ2v) is 12.9. The summed E-state index contributed by atoms with van der Waals surface area (Å²) >= 11 is 2.51. The summed E-state index contributed by atoms with van der Waals surface area (Å²) in [5, 5.41) is 18.8. The zero-order valence-electron chi connectivity index (χ0n) is 23.4. The van der Waals surface area contributed by atoms with Crippen LogP contribution >= 0.6 is 23.1 Å². The highest BCUT2D eigenvalue weighted by Crippen LogP contribution is 2.48. The molecular formula is C34H29N5O2S2. The van der Waals surface area contributed by atoms with Gasteiger partial charge in [0.2, 0.25) is 11.7 Å². The molecule has 0 radical (unpaired) electrons. The molecule has 1 N–H and O–H groups in total. The predicted octanol–water partition coefficient (Wildman–Crippen LogP) is 7.13. The number of fused-ring (bicyclic) bond motifs is 1. The van der Waals surface area contributed by atoms with Crippen LogP contribution < -0.4 is 4.90 Å². The van der Waals surface area contributed by atoms with Gasteiger partial charge in [-0.1, -0.05) is 109 Å². The number of nitrogens with zero attached hydrogens (tertiary/aromatic N) is 4. The van der Waals surface area contributed by atoms with Crippen molar-refractivity contribution < 1.29 is 9.59 Å². The Kier molecular flexibility index (Phi) is 7.61. The third-order valence-electron chi connectivity index (χ3n) is 7.99. The number of thiophene rings is 1. The molecule has 0 saturated carbocycles. The van der Waals surface area contributed by atoms with Crippen molar-refractivity contribution >= 4 is 55.9 Å². The molecule has 2 saturated heterocycles. The number of carbonyl (C=O) groups excluding carboxylic acids is 2. The Morgan fingerprint density at radius 2 is 1.47 bits per heavy atom. The van der Waals surface area contributed by atoms with Gasteiger partial charge in [0, 0.05) is 28.6 Å². The van der Waals surface area contributed by atoms with E-state index < -0.39 is 5.25 Å². The molecule has 0 spiro atoms. The van der Waals surface area contributed by atoms with Gasteiger partial charge in [-0.25, -0.2) is 0 Å². The number of aromatic nitrogens is 2. The summed E-state index contributed by atoms with van der Waals surface area (Å²) < 4.78 is 0. The average molecular weight is 604 g/mol. The lowest BCUT2D eigenvalue weighted by atomic mass is 9.95. The number of carbonyl (C=O) groups is 2. The van der Waals surface area contributed by atoms with E-state index in [9.17, 15) is 9.59 Å². The zero-order chi connectivity index (χ0) is 29.3. The van der Waals surface area contributed by atoms with Crippen molar-refractivity contribution in [1.29, 1.82) is 5.41 Å². The largest absolute Gasteiger partial charge is 0.302 e. The van der Waals surface area contributed by atoms with E-state index in [1.54, 1.807) is 12.1 Å². The van der Waals surface area contributed by atoms with E-state index in [0.717, 1.165) is 42.6 Å². The van der Waals surface area contributed by atoms with Gasteiger partial charge in [-0.15, -0.1) is 21.5 Å². The highest BCUT2D eigenvalue weighted by atomic mass is 32.2. The number of hydrogen-bond donors (Lipinski definition) is 1. The zero-order valence-corrected chi connectivity index (χ0v) is 25.0.